The van der Waals surface area contributed by atoms with E-state index in [-0.39, 0.29) is 11.4 Å². The van der Waals surface area contributed by atoms with Crippen LogP contribution >= 0.6 is 0 Å². The van der Waals surface area contributed by atoms with E-state index >= 15 is 0 Å². The van der Waals surface area contributed by atoms with Gasteiger partial charge in [-0.05, 0) is 13.8 Å². The number of amides is 2. The Kier molecular flexibility index (Phi) is 5.87. The highest BCUT2D eigenvalue weighted by Gasteiger charge is 2.14. The van der Waals surface area contributed by atoms with Crippen molar-refractivity contribution in [3.8, 4) is 0 Å². The Bertz CT molecular complexity index is 330. The molecule has 0 unspecified atom stereocenters. The molecule has 16 heavy (non-hydrogen) atoms. The molecule has 0 bridgehead atoms. The third-order valence-electron chi connectivity index (χ3n) is 1.68. The third kappa shape index (κ3) is 4.61. The second-order valence-corrected chi connectivity index (χ2v) is 3.34. The van der Waals surface area contributed by atoms with Gasteiger partial charge in [0.15, 0.2) is 0 Å². The van der Waals surface area contributed by atoms with Gasteiger partial charge in [-0.15, -0.1) is 0 Å². The summed E-state index contributed by atoms with van der Waals surface area (Å²) in [5, 5.41) is 4.90. The fourth-order valence-corrected chi connectivity index (χ4v) is 0.829. The van der Waals surface area contributed by atoms with Crippen molar-refractivity contribution in [2.45, 2.75) is 13.8 Å². The van der Waals surface area contributed by atoms with Crippen LogP contribution in [0.4, 0.5) is 0 Å². The molecule has 0 heterocycles. The Hall–Kier alpha value is -1.82. The van der Waals surface area contributed by atoms with Crippen molar-refractivity contribution in [2.24, 2.45) is 11.5 Å². The molecule has 0 aromatic carbocycles. The zero-order valence-electron chi connectivity index (χ0n) is 9.59. The van der Waals surface area contributed by atoms with Crippen molar-refractivity contribution in [1.29, 1.82) is 0 Å². The van der Waals surface area contributed by atoms with Crippen LogP contribution in [0.15, 0.2) is 23.5 Å². The van der Waals surface area contributed by atoms with Crippen molar-refractivity contribution in [3.63, 3.8) is 0 Å². The van der Waals surface area contributed by atoms with E-state index in [1.807, 2.05) is 0 Å². The van der Waals surface area contributed by atoms with Crippen LogP contribution in [0.5, 0.6) is 0 Å². The van der Waals surface area contributed by atoms with Crippen LogP contribution in [-0.2, 0) is 9.59 Å². The maximum atomic E-state index is 11.6. The first kappa shape index (κ1) is 14.2. The zero-order valence-corrected chi connectivity index (χ0v) is 9.59. The van der Waals surface area contributed by atoms with E-state index in [1.54, 1.807) is 0 Å². The molecule has 0 aromatic heterocycles. The first-order chi connectivity index (χ1) is 7.40. The fourth-order valence-electron chi connectivity index (χ4n) is 0.829. The van der Waals surface area contributed by atoms with Crippen molar-refractivity contribution in [2.75, 3.05) is 13.1 Å². The Morgan fingerprint density at radius 2 is 1.81 bits per heavy atom. The molecule has 0 atom stereocenters. The lowest BCUT2D eigenvalue weighted by atomic mass is 10.2. The van der Waals surface area contributed by atoms with Crippen LogP contribution in [0, 0.1) is 0 Å². The van der Waals surface area contributed by atoms with Crippen molar-refractivity contribution < 1.29 is 9.59 Å². The number of carbonyl (C=O) groups is 2. The molecule has 6 heteroatoms. The topological polar surface area (TPSA) is 110 Å². The Labute approximate surface area is 94.7 Å². The summed E-state index contributed by atoms with van der Waals surface area (Å²) < 4.78 is 0. The lowest BCUT2D eigenvalue weighted by Crippen LogP contribution is -2.38. The van der Waals surface area contributed by atoms with E-state index in [1.165, 1.54) is 13.8 Å². The minimum atomic E-state index is -0.458. The SMILES string of the molecule is C=C(C)C(=O)N/C(C(=O)NCCN)=C(\C)N. The van der Waals surface area contributed by atoms with E-state index < -0.39 is 11.8 Å². The molecule has 0 aliphatic heterocycles. The average molecular weight is 226 g/mol. The summed E-state index contributed by atoms with van der Waals surface area (Å²) >= 11 is 0. The van der Waals surface area contributed by atoms with Gasteiger partial charge in [-0.25, -0.2) is 0 Å². The molecule has 6 N–H and O–H groups in total. The first-order valence-electron chi connectivity index (χ1n) is 4.81. The largest absolute Gasteiger partial charge is 0.400 e. The van der Waals surface area contributed by atoms with Crippen LogP contribution in [0.1, 0.15) is 13.8 Å². The van der Waals surface area contributed by atoms with E-state index in [0.29, 0.717) is 18.7 Å². The van der Waals surface area contributed by atoms with E-state index in [2.05, 4.69) is 17.2 Å². The number of rotatable bonds is 5. The van der Waals surface area contributed by atoms with Gasteiger partial charge in [0.2, 0.25) is 0 Å². The van der Waals surface area contributed by atoms with Crippen molar-refractivity contribution in [3.05, 3.63) is 23.5 Å². The molecular weight excluding hydrogens is 208 g/mol. The van der Waals surface area contributed by atoms with Gasteiger partial charge in [0, 0.05) is 24.4 Å². The summed E-state index contributed by atoms with van der Waals surface area (Å²) in [5.74, 6) is -0.900. The molecule has 0 saturated heterocycles. The van der Waals surface area contributed by atoms with Crippen LogP contribution in [0.3, 0.4) is 0 Å². The van der Waals surface area contributed by atoms with E-state index in [9.17, 15) is 9.59 Å². The van der Waals surface area contributed by atoms with Crippen LogP contribution < -0.4 is 22.1 Å². The molecule has 0 aromatic rings. The maximum absolute atomic E-state index is 11.6. The number of hydrogen-bond donors (Lipinski definition) is 4. The molecule has 0 rings (SSSR count). The molecule has 2 amide bonds. The summed E-state index contributed by atoms with van der Waals surface area (Å²) in [6.07, 6.45) is 0. The van der Waals surface area contributed by atoms with Crippen LogP contribution in [0.25, 0.3) is 0 Å². The van der Waals surface area contributed by atoms with Crippen molar-refractivity contribution in [1.82, 2.24) is 10.6 Å². The second kappa shape index (κ2) is 6.62. The molecule has 0 saturated carbocycles. The molecule has 0 fully saturated rings. The summed E-state index contributed by atoms with van der Waals surface area (Å²) in [6, 6.07) is 0. The smallest absolute Gasteiger partial charge is 0.269 e. The number of carbonyl (C=O) groups excluding carboxylic acids is 2. The van der Waals surface area contributed by atoms with Crippen molar-refractivity contribution >= 4 is 11.8 Å². The van der Waals surface area contributed by atoms with Gasteiger partial charge < -0.3 is 22.1 Å². The van der Waals surface area contributed by atoms with Gasteiger partial charge in [-0.3, -0.25) is 9.59 Å². The van der Waals surface area contributed by atoms with Gasteiger partial charge in [0.1, 0.15) is 5.70 Å². The Morgan fingerprint density at radius 3 is 2.19 bits per heavy atom. The predicted molar refractivity (Wildman–Crippen MR) is 61.9 cm³/mol. The fraction of sp³-hybridized carbons (Fsp3) is 0.400. The second-order valence-electron chi connectivity index (χ2n) is 3.34. The predicted octanol–water partition coefficient (Wildman–Crippen LogP) is -1.06. The van der Waals surface area contributed by atoms with E-state index in [4.69, 9.17) is 11.5 Å². The summed E-state index contributed by atoms with van der Waals surface area (Å²) in [6.45, 7) is 7.16. The quantitative estimate of drug-likeness (QED) is 0.448. The lowest BCUT2D eigenvalue weighted by molar-refractivity contribution is -0.121. The monoisotopic (exact) mass is 226 g/mol. The Morgan fingerprint density at radius 1 is 1.25 bits per heavy atom. The zero-order chi connectivity index (χ0) is 12.7. The molecule has 0 radical (unpaired) electrons. The minimum absolute atomic E-state index is 0.0291. The van der Waals surface area contributed by atoms with Gasteiger partial charge >= 0.3 is 0 Å². The number of nitrogens with one attached hydrogen (secondary N) is 2. The third-order valence-corrected chi connectivity index (χ3v) is 1.68. The van der Waals surface area contributed by atoms with Gasteiger partial charge in [-0.1, -0.05) is 6.58 Å². The van der Waals surface area contributed by atoms with E-state index in [0.717, 1.165) is 0 Å². The van der Waals surface area contributed by atoms with Crippen LogP contribution in [0.2, 0.25) is 0 Å². The van der Waals surface area contributed by atoms with Gasteiger partial charge in [-0.2, -0.15) is 0 Å². The molecule has 0 aliphatic carbocycles. The number of nitrogens with two attached hydrogens (primary N) is 2. The molecule has 90 valence electrons. The average Bonchev–Trinajstić information content (AvgIpc) is 2.21. The number of allylic oxidation sites excluding steroid dienone is 1. The molecule has 0 spiro atoms. The summed E-state index contributed by atoms with van der Waals surface area (Å²) in [4.78, 5) is 22.9. The van der Waals surface area contributed by atoms with Gasteiger partial charge in [0.05, 0.1) is 0 Å². The normalized spacial score (nSPS) is 11.4. The van der Waals surface area contributed by atoms with Gasteiger partial charge in [0.25, 0.3) is 11.8 Å². The summed E-state index contributed by atoms with van der Waals surface area (Å²) in [5.41, 5.74) is 11.3. The molecule has 6 nitrogen and oxygen atoms in total. The minimum Gasteiger partial charge on any atom is -0.400 e. The standard InChI is InChI=1S/C10H18N4O2/c1-6(2)9(15)14-8(7(3)12)10(16)13-5-4-11/h1,4-5,11-12H2,2-3H3,(H,13,16)(H,14,15)/b8-7+. The first-order valence-corrected chi connectivity index (χ1v) is 4.81. The number of hydrogen-bond acceptors (Lipinski definition) is 4. The van der Waals surface area contributed by atoms with Crippen LogP contribution in [-0.4, -0.2) is 24.9 Å². The Balaban J connectivity index is 4.66. The molecular formula is C10H18N4O2. The highest BCUT2D eigenvalue weighted by molar-refractivity contribution is 6.02. The highest BCUT2D eigenvalue weighted by Crippen LogP contribution is 1.97. The molecule has 0 aliphatic rings. The lowest BCUT2D eigenvalue weighted by Gasteiger charge is -2.11. The summed E-state index contributed by atoms with van der Waals surface area (Å²) in [7, 11) is 0. The maximum Gasteiger partial charge on any atom is 0.269 e. The highest BCUT2D eigenvalue weighted by atomic mass is 16.2.